The third-order valence-corrected chi connectivity index (χ3v) is 5.32. The van der Waals surface area contributed by atoms with Crippen molar-refractivity contribution in [2.24, 2.45) is 0 Å². The van der Waals surface area contributed by atoms with E-state index in [2.05, 4.69) is 70.6 Å². The molecule has 1 N–H and O–H groups in total. The van der Waals surface area contributed by atoms with Crippen LogP contribution in [0, 0.1) is 6.92 Å². The average molecular weight is 385 g/mol. The molecule has 0 aliphatic carbocycles. The Morgan fingerprint density at radius 3 is 2.52 bits per heavy atom. The lowest BCUT2D eigenvalue weighted by molar-refractivity contribution is 0.606. The van der Waals surface area contributed by atoms with Gasteiger partial charge in [0.25, 0.3) is 0 Å². The zero-order valence-electron chi connectivity index (χ0n) is 12.2. The second kappa shape index (κ2) is 8.23. The van der Waals surface area contributed by atoms with Crippen molar-refractivity contribution in [2.45, 2.75) is 24.8 Å². The molecule has 0 aliphatic heterocycles. The average Bonchev–Trinajstić information content (AvgIpc) is 2.48. The summed E-state index contributed by atoms with van der Waals surface area (Å²) in [5, 5.41) is 4.38. The number of aryl methyl sites for hydroxylation is 1. The molecule has 4 heteroatoms. The number of rotatable bonds is 6. The maximum atomic E-state index is 6.25. The SMILES string of the molecule is CCNC(CSc1ccc(Br)cc1)c1ccc(C)c(Cl)c1. The van der Waals surface area contributed by atoms with E-state index in [9.17, 15) is 0 Å². The Kier molecular flexibility index (Phi) is 6.62. The van der Waals surface area contributed by atoms with Crippen LogP contribution in [0.3, 0.4) is 0 Å². The van der Waals surface area contributed by atoms with E-state index in [0.717, 1.165) is 27.4 Å². The fraction of sp³-hybridized carbons (Fsp3) is 0.294. The van der Waals surface area contributed by atoms with Gasteiger partial charge in [0, 0.05) is 26.2 Å². The van der Waals surface area contributed by atoms with Gasteiger partial charge in [-0.3, -0.25) is 0 Å². The Bertz CT molecular complexity index is 586. The lowest BCUT2D eigenvalue weighted by Gasteiger charge is -2.19. The highest BCUT2D eigenvalue weighted by Gasteiger charge is 2.12. The predicted molar refractivity (Wildman–Crippen MR) is 97.5 cm³/mol. The highest BCUT2D eigenvalue weighted by atomic mass is 79.9. The molecule has 0 fully saturated rings. The van der Waals surface area contributed by atoms with Gasteiger partial charge in [-0.25, -0.2) is 0 Å². The van der Waals surface area contributed by atoms with E-state index in [1.165, 1.54) is 10.5 Å². The molecule has 112 valence electrons. The van der Waals surface area contributed by atoms with Crippen LogP contribution in [0.2, 0.25) is 5.02 Å². The van der Waals surface area contributed by atoms with Gasteiger partial charge in [0.1, 0.15) is 0 Å². The molecule has 2 aromatic carbocycles. The smallest absolute Gasteiger partial charge is 0.0438 e. The molecule has 2 aromatic rings. The summed E-state index contributed by atoms with van der Waals surface area (Å²) in [6.07, 6.45) is 0. The molecular weight excluding hydrogens is 366 g/mol. The second-order valence-electron chi connectivity index (χ2n) is 4.88. The fourth-order valence-electron chi connectivity index (χ4n) is 2.06. The minimum atomic E-state index is 0.307. The van der Waals surface area contributed by atoms with Crippen molar-refractivity contribution < 1.29 is 0 Å². The van der Waals surface area contributed by atoms with Crippen LogP contribution in [-0.4, -0.2) is 12.3 Å². The molecule has 21 heavy (non-hydrogen) atoms. The van der Waals surface area contributed by atoms with E-state index in [1.807, 2.05) is 18.7 Å². The summed E-state index contributed by atoms with van der Waals surface area (Å²) >= 11 is 11.6. The molecule has 0 spiro atoms. The van der Waals surface area contributed by atoms with Crippen molar-refractivity contribution in [3.05, 3.63) is 63.1 Å². The third kappa shape index (κ3) is 5.03. The highest BCUT2D eigenvalue weighted by molar-refractivity contribution is 9.10. The first kappa shape index (κ1) is 16.9. The standard InChI is InChI=1S/C17H19BrClNS/c1-3-20-17(13-5-4-12(2)16(19)10-13)11-21-15-8-6-14(18)7-9-15/h4-10,17,20H,3,11H2,1-2H3. The van der Waals surface area contributed by atoms with Gasteiger partial charge in [-0.2, -0.15) is 0 Å². The zero-order valence-corrected chi connectivity index (χ0v) is 15.4. The van der Waals surface area contributed by atoms with Crippen LogP contribution >= 0.6 is 39.3 Å². The maximum absolute atomic E-state index is 6.25. The molecule has 0 saturated carbocycles. The molecule has 1 unspecified atom stereocenters. The molecule has 0 saturated heterocycles. The van der Waals surface area contributed by atoms with Gasteiger partial charge < -0.3 is 5.32 Å². The Labute approximate surface area is 144 Å². The van der Waals surface area contributed by atoms with Crippen LogP contribution in [0.25, 0.3) is 0 Å². The first-order chi connectivity index (χ1) is 10.1. The molecule has 2 rings (SSSR count). The lowest BCUT2D eigenvalue weighted by Crippen LogP contribution is -2.23. The summed E-state index contributed by atoms with van der Waals surface area (Å²) in [6.45, 7) is 5.11. The monoisotopic (exact) mass is 383 g/mol. The van der Waals surface area contributed by atoms with E-state index >= 15 is 0 Å². The van der Waals surface area contributed by atoms with Crippen molar-refractivity contribution in [2.75, 3.05) is 12.3 Å². The zero-order chi connectivity index (χ0) is 15.2. The van der Waals surface area contributed by atoms with Crippen molar-refractivity contribution in [1.29, 1.82) is 0 Å². The first-order valence-corrected chi connectivity index (χ1v) is 9.13. The topological polar surface area (TPSA) is 12.0 Å². The van der Waals surface area contributed by atoms with Crippen LogP contribution in [0.4, 0.5) is 0 Å². The molecule has 0 aliphatic rings. The summed E-state index contributed by atoms with van der Waals surface area (Å²) in [6, 6.07) is 15.1. The van der Waals surface area contributed by atoms with Gasteiger partial charge >= 0.3 is 0 Å². The molecule has 1 nitrogen and oxygen atoms in total. The third-order valence-electron chi connectivity index (χ3n) is 3.28. The van der Waals surface area contributed by atoms with Gasteiger partial charge in [0.05, 0.1) is 0 Å². The summed E-state index contributed by atoms with van der Waals surface area (Å²) < 4.78 is 1.11. The van der Waals surface area contributed by atoms with Crippen molar-refractivity contribution in [3.8, 4) is 0 Å². The summed E-state index contributed by atoms with van der Waals surface area (Å²) in [4.78, 5) is 1.28. The number of halogens is 2. The van der Waals surface area contributed by atoms with Crippen molar-refractivity contribution in [1.82, 2.24) is 5.32 Å². The maximum Gasteiger partial charge on any atom is 0.0438 e. The second-order valence-corrected chi connectivity index (χ2v) is 7.30. The number of hydrogen-bond acceptors (Lipinski definition) is 2. The summed E-state index contributed by atoms with van der Waals surface area (Å²) in [5.41, 5.74) is 2.37. The lowest BCUT2D eigenvalue weighted by atomic mass is 10.1. The quantitative estimate of drug-likeness (QED) is 0.627. The van der Waals surface area contributed by atoms with E-state index in [0.29, 0.717) is 6.04 Å². The fourth-order valence-corrected chi connectivity index (χ4v) is 3.51. The number of benzene rings is 2. The number of nitrogens with one attached hydrogen (secondary N) is 1. The van der Waals surface area contributed by atoms with Gasteiger partial charge in [0.2, 0.25) is 0 Å². The molecular formula is C17H19BrClNS. The number of hydrogen-bond donors (Lipinski definition) is 1. The summed E-state index contributed by atoms with van der Waals surface area (Å²) in [7, 11) is 0. The molecule has 1 atom stereocenters. The minimum absolute atomic E-state index is 0.307. The highest BCUT2D eigenvalue weighted by Crippen LogP contribution is 2.28. The Morgan fingerprint density at radius 2 is 1.90 bits per heavy atom. The Hall–Kier alpha value is -0.480. The van der Waals surface area contributed by atoms with Crippen molar-refractivity contribution >= 4 is 39.3 Å². The Morgan fingerprint density at radius 1 is 1.19 bits per heavy atom. The van der Waals surface area contributed by atoms with Crippen LogP contribution in [0.1, 0.15) is 24.1 Å². The van der Waals surface area contributed by atoms with Crippen molar-refractivity contribution in [3.63, 3.8) is 0 Å². The predicted octanol–water partition coefficient (Wildman–Crippen LogP) is 5.85. The number of thioether (sulfide) groups is 1. The first-order valence-electron chi connectivity index (χ1n) is 6.98. The molecule has 0 bridgehead atoms. The van der Waals surface area contributed by atoms with Crippen LogP contribution in [0.5, 0.6) is 0 Å². The van der Waals surface area contributed by atoms with Gasteiger partial charge in [-0.05, 0) is 54.9 Å². The van der Waals surface area contributed by atoms with Gasteiger partial charge in [-0.15, -0.1) is 11.8 Å². The molecule has 0 heterocycles. The van der Waals surface area contributed by atoms with Crippen LogP contribution < -0.4 is 5.32 Å². The van der Waals surface area contributed by atoms with E-state index in [-0.39, 0.29) is 0 Å². The van der Waals surface area contributed by atoms with Crippen LogP contribution in [-0.2, 0) is 0 Å². The largest absolute Gasteiger partial charge is 0.309 e. The van der Waals surface area contributed by atoms with E-state index in [4.69, 9.17) is 11.6 Å². The minimum Gasteiger partial charge on any atom is -0.309 e. The van der Waals surface area contributed by atoms with Gasteiger partial charge in [0.15, 0.2) is 0 Å². The van der Waals surface area contributed by atoms with E-state index < -0.39 is 0 Å². The van der Waals surface area contributed by atoms with Crippen LogP contribution in [0.15, 0.2) is 51.8 Å². The normalized spacial score (nSPS) is 12.4. The van der Waals surface area contributed by atoms with Gasteiger partial charge in [-0.1, -0.05) is 46.6 Å². The summed E-state index contributed by atoms with van der Waals surface area (Å²) in [5.74, 6) is 0.981. The van der Waals surface area contributed by atoms with E-state index in [1.54, 1.807) is 0 Å². The Balaban J connectivity index is 2.07. The molecule has 0 aromatic heterocycles. The molecule has 0 radical (unpaired) electrons. The molecule has 0 amide bonds.